The van der Waals surface area contributed by atoms with Crippen molar-refractivity contribution in [2.75, 3.05) is 11.1 Å². The number of carbonyl (C=O) groups is 1. The molecule has 0 aliphatic heterocycles. The molecule has 5 nitrogen and oxygen atoms in total. The maximum Gasteiger partial charge on any atom is 0.240 e. The molecule has 0 atom stereocenters. The number of sulfonamides is 1. The van der Waals surface area contributed by atoms with Crippen LogP contribution in [0.15, 0.2) is 58.3 Å². The molecule has 0 fully saturated rings. The zero-order chi connectivity index (χ0) is 19.2. The maximum atomic E-state index is 12.1. The molecular weight excluding hydrogens is 368 g/mol. The van der Waals surface area contributed by atoms with E-state index in [0.717, 1.165) is 4.90 Å². The van der Waals surface area contributed by atoms with Crippen molar-refractivity contribution >= 4 is 33.4 Å². The lowest BCUT2D eigenvalue weighted by molar-refractivity contribution is -0.115. The predicted molar refractivity (Wildman–Crippen MR) is 107 cm³/mol. The topological polar surface area (TPSA) is 75.3 Å². The third-order valence-corrected chi connectivity index (χ3v) is 6.15. The monoisotopic (exact) mass is 392 g/mol. The summed E-state index contributed by atoms with van der Waals surface area (Å²) in [6.45, 7) is 5.57. The quantitative estimate of drug-likeness (QED) is 0.670. The Labute approximate surface area is 159 Å². The highest BCUT2D eigenvalue weighted by molar-refractivity contribution is 7.99. The minimum atomic E-state index is -3.52. The lowest BCUT2D eigenvalue weighted by atomic mass is 10.2. The first-order valence-electron chi connectivity index (χ1n) is 8.38. The van der Waals surface area contributed by atoms with Crippen LogP contribution in [-0.4, -0.2) is 26.1 Å². The second-order valence-electron chi connectivity index (χ2n) is 6.26. The fourth-order valence-electron chi connectivity index (χ4n) is 2.22. The van der Waals surface area contributed by atoms with Gasteiger partial charge in [-0.3, -0.25) is 4.79 Å². The molecule has 26 heavy (non-hydrogen) atoms. The van der Waals surface area contributed by atoms with Crippen LogP contribution in [0.4, 0.5) is 5.69 Å². The molecule has 7 heteroatoms. The van der Waals surface area contributed by atoms with Crippen molar-refractivity contribution in [1.29, 1.82) is 0 Å². The molecule has 0 unspecified atom stereocenters. The number of thioether (sulfide) groups is 1. The zero-order valence-corrected chi connectivity index (χ0v) is 16.8. The van der Waals surface area contributed by atoms with Gasteiger partial charge in [-0.2, -0.15) is 0 Å². The number of carbonyl (C=O) groups excluding carboxylic acids is 1. The first-order valence-corrected chi connectivity index (χ1v) is 10.8. The first kappa shape index (κ1) is 20.5. The SMILES string of the molecule is Cc1ccc(SCCC(=O)Nc2ccc(S(=O)(=O)NC(C)C)cc2)cc1. The molecule has 2 aromatic carbocycles. The van der Waals surface area contributed by atoms with Crippen molar-refractivity contribution in [2.45, 2.75) is 43.0 Å². The van der Waals surface area contributed by atoms with Gasteiger partial charge in [-0.15, -0.1) is 11.8 Å². The van der Waals surface area contributed by atoms with Crippen molar-refractivity contribution in [3.8, 4) is 0 Å². The Hall–Kier alpha value is -1.83. The van der Waals surface area contributed by atoms with Gasteiger partial charge >= 0.3 is 0 Å². The van der Waals surface area contributed by atoms with Crippen LogP contribution in [0.3, 0.4) is 0 Å². The average molecular weight is 393 g/mol. The number of amides is 1. The summed E-state index contributed by atoms with van der Waals surface area (Å²) in [5.74, 6) is 0.583. The van der Waals surface area contributed by atoms with E-state index in [0.29, 0.717) is 17.9 Å². The summed E-state index contributed by atoms with van der Waals surface area (Å²) < 4.78 is 26.7. The Kier molecular flexibility index (Phi) is 7.25. The Balaban J connectivity index is 1.84. The Bertz CT molecular complexity index is 830. The van der Waals surface area contributed by atoms with E-state index in [4.69, 9.17) is 0 Å². The van der Waals surface area contributed by atoms with Crippen LogP contribution in [-0.2, 0) is 14.8 Å². The molecule has 0 aliphatic carbocycles. The average Bonchev–Trinajstić information content (AvgIpc) is 2.56. The molecular formula is C19H24N2O3S2. The number of benzene rings is 2. The highest BCUT2D eigenvalue weighted by Crippen LogP contribution is 2.20. The van der Waals surface area contributed by atoms with Crippen LogP contribution in [0.2, 0.25) is 0 Å². The highest BCUT2D eigenvalue weighted by atomic mass is 32.2. The van der Waals surface area contributed by atoms with Crippen molar-refractivity contribution in [3.05, 3.63) is 54.1 Å². The van der Waals surface area contributed by atoms with Gasteiger partial charge in [0.1, 0.15) is 0 Å². The van der Waals surface area contributed by atoms with Crippen molar-refractivity contribution in [1.82, 2.24) is 4.72 Å². The fourth-order valence-corrected chi connectivity index (χ4v) is 4.32. The molecule has 0 saturated carbocycles. The van der Waals surface area contributed by atoms with Gasteiger partial charge in [-0.25, -0.2) is 13.1 Å². The fraction of sp³-hybridized carbons (Fsp3) is 0.316. The Morgan fingerprint density at radius 2 is 1.65 bits per heavy atom. The largest absolute Gasteiger partial charge is 0.326 e. The predicted octanol–water partition coefficient (Wildman–Crippen LogP) is 3.80. The lowest BCUT2D eigenvalue weighted by Gasteiger charge is -2.10. The standard InChI is InChI=1S/C19H24N2O3S2/c1-14(2)21-26(23,24)18-10-6-16(7-11-18)20-19(22)12-13-25-17-8-4-15(3)5-9-17/h4-11,14,21H,12-13H2,1-3H3,(H,20,22). The third kappa shape index (κ3) is 6.48. The zero-order valence-electron chi connectivity index (χ0n) is 15.2. The van der Waals surface area contributed by atoms with Gasteiger partial charge < -0.3 is 5.32 Å². The minimum absolute atomic E-state index is 0.0967. The molecule has 0 spiro atoms. The van der Waals surface area contributed by atoms with E-state index in [-0.39, 0.29) is 16.8 Å². The summed E-state index contributed by atoms with van der Waals surface area (Å²) in [4.78, 5) is 13.3. The van der Waals surface area contributed by atoms with Crippen LogP contribution in [0.1, 0.15) is 25.8 Å². The number of aryl methyl sites for hydroxylation is 1. The summed E-state index contributed by atoms with van der Waals surface area (Å²) in [6.07, 6.45) is 0.382. The van der Waals surface area contributed by atoms with Crippen LogP contribution in [0.5, 0.6) is 0 Å². The van der Waals surface area contributed by atoms with Gasteiger partial charge in [0, 0.05) is 28.8 Å². The number of hydrogen-bond acceptors (Lipinski definition) is 4. The van der Waals surface area contributed by atoms with E-state index >= 15 is 0 Å². The van der Waals surface area contributed by atoms with Crippen LogP contribution < -0.4 is 10.0 Å². The van der Waals surface area contributed by atoms with Gasteiger partial charge in [0.2, 0.25) is 15.9 Å². The van der Waals surface area contributed by atoms with E-state index in [9.17, 15) is 13.2 Å². The van der Waals surface area contributed by atoms with Gasteiger partial charge in [0.25, 0.3) is 0 Å². The van der Waals surface area contributed by atoms with Crippen LogP contribution in [0, 0.1) is 6.92 Å². The molecule has 0 aliphatic rings. The Morgan fingerprint density at radius 1 is 1.04 bits per heavy atom. The van der Waals surface area contributed by atoms with E-state index in [1.54, 1.807) is 37.7 Å². The molecule has 0 bridgehead atoms. The van der Waals surface area contributed by atoms with E-state index in [1.807, 2.05) is 31.2 Å². The minimum Gasteiger partial charge on any atom is -0.326 e. The number of anilines is 1. The smallest absolute Gasteiger partial charge is 0.240 e. The second-order valence-corrected chi connectivity index (χ2v) is 9.14. The van der Waals surface area contributed by atoms with Crippen molar-refractivity contribution in [2.24, 2.45) is 0 Å². The van der Waals surface area contributed by atoms with Gasteiger partial charge in [0.05, 0.1) is 4.90 Å². The molecule has 2 rings (SSSR count). The van der Waals surface area contributed by atoms with Gasteiger partial charge in [0.15, 0.2) is 0 Å². The summed E-state index contributed by atoms with van der Waals surface area (Å²) >= 11 is 1.63. The number of nitrogens with one attached hydrogen (secondary N) is 2. The summed E-state index contributed by atoms with van der Waals surface area (Å²) in [6, 6.07) is 14.2. The maximum absolute atomic E-state index is 12.1. The van der Waals surface area contributed by atoms with Crippen LogP contribution >= 0.6 is 11.8 Å². The lowest BCUT2D eigenvalue weighted by Crippen LogP contribution is -2.30. The van der Waals surface area contributed by atoms with E-state index in [1.165, 1.54) is 17.7 Å². The Morgan fingerprint density at radius 3 is 2.23 bits per heavy atom. The molecule has 2 aromatic rings. The second kappa shape index (κ2) is 9.21. The highest BCUT2D eigenvalue weighted by Gasteiger charge is 2.15. The van der Waals surface area contributed by atoms with E-state index in [2.05, 4.69) is 10.0 Å². The summed E-state index contributed by atoms with van der Waals surface area (Å²) in [7, 11) is -3.52. The summed E-state index contributed by atoms with van der Waals surface area (Å²) in [5, 5.41) is 2.79. The van der Waals surface area contributed by atoms with Crippen molar-refractivity contribution < 1.29 is 13.2 Å². The van der Waals surface area contributed by atoms with E-state index < -0.39 is 10.0 Å². The normalized spacial score (nSPS) is 11.5. The van der Waals surface area contributed by atoms with Gasteiger partial charge in [-0.05, 0) is 57.2 Å². The third-order valence-electron chi connectivity index (χ3n) is 3.46. The first-order chi connectivity index (χ1) is 12.3. The molecule has 0 saturated heterocycles. The molecule has 0 aromatic heterocycles. The molecule has 0 heterocycles. The summed E-state index contributed by atoms with van der Waals surface area (Å²) in [5.41, 5.74) is 1.79. The molecule has 0 radical (unpaired) electrons. The molecule has 140 valence electrons. The number of rotatable bonds is 8. The number of hydrogen-bond donors (Lipinski definition) is 2. The van der Waals surface area contributed by atoms with Gasteiger partial charge in [-0.1, -0.05) is 17.7 Å². The van der Waals surface area contributed by atoms with Crippen molar-refractivity contribution in [3.63, 3.8) is 0 Å². The van der Waals surface area contributed by atoms with Crippen LogP contribution in [0.25, 0.3) is 0 Å². The molecule has 2 N–H and O–H groups in total. The molecule has 1 amide bonds.